The lowest BCUT2D eigenvalue weighted by Crippen LogP contribution is -2.40. The number of benzene rings is 1. The van der Waals surface area contributed by atoms with Crippen LogP contribution < -0.4 is 11.1 Å². The van der Waals surface area contributed by atoms with Crippen LogP contribution in [0, 0.1) is 11.6 Å². The quantitative estimate of drug-likeness (QED) is 0.723. The number of halogens is 2. The fourth-order valence-corrected chi connectivity index (χ4v) is 5.01. The van der Waals surface area contributed by atoms with Crippen LogP contribution in [0.25, 0.3) is 0 Å². The van der Waals surface area contributed by atoms with Gasteiger partial charge in [0, 0.05) is 12.1 Å². The molecule has 1 aromatic heterocycles. The van der Waals surface area contributed by atoms with Gasteiger partial charge < -0.3 is 20.3 Å². The largest absolute Gasteiger partial charge is 0.592 e. The number of nitrogens with two attached hydrogens (primary N) is 1. The Balaban J connectivity index is 1.84. The van der Waals surface area contributed by atoms with Crippen molar-refractivity contribution in [3.05, 3.63) is 47.0 Å². The molecule has 1 fully saturated rings. The van der Waals surface area contributed by atoms with Gasteiger partial charge in [-0.3, -0.25) is 9.59 Å². The number of rotatable bonds is 5. The minimum absolute atomic E-state index is 0.0347. The molecule has 11 heteroatoms. The zero-order valence-corrected chi connectivity index (χ0v) is 15.5. The van der Waals surface area contributed by atoms with Crippen molar-refractivity contribution in [2.24, 2.45) is 5.73 Å². The molecule has 2 heterocycles. The van der Waals surface area contributed by atoms with E-state index in [2.05, 4.69) is 5.32 Å². The van der Waals surface area contributed by atoms with Crippen LogP contribution in [0.2, 0.25) is 0 Å². The third-order valence-corrected chi connectivity index (χ3v) is 6.57. The van der Waals surface area contributed by atoms with Gasteiger partial charge >= 0.3 is 0 Å². The molecule has 0 aliphatic carbocycles. The number of thiophene rings is 1. The fourth-order valence-electron chi connectivity index (χ4n) is 2.41. The Hall–Kier alpha value is -2.05. The molecule has 1 aliphatic heterocycles. The molecule has 7 nitrogen and oxygen atoms in total. The molecule has 1 saturated heterocycles. The van der Waals surface area contributed by atoms with E-state index >= 15 is 0 Å². The molecule has 27 heavy (non-hydrogen) atoms. The van der Waals surface area contributed by atoms with Crippen molar-refractivity contribution in [1.29, 1.82) is 0 Å². The van der Waals surface area contributed by atoms with Crippen molar-refractivity contribution in [2.75, 3.05) is 31.6 Å². The second-order valence-electron chi connectivity index (χ2n) is 5.54. The molecule has 144 valence electrons. The normalized spacial score (nSPS) is 16.1. The number of ether oxygens (including phenoxy) is 1. The molecule has 1 aliphatic rings. The maximum Gasteiger partial charge on any atom is 0.259 e. The highest BCUT2D eigenvalue weighted by Gasteiger charge is 2.29. The fraction of sp³-hybridized carbons (Fsp3) is 0.250. The molecule has 2 amide bonds. The first-order chi connectivity index (χ1) is 12.9. The maximum atomic E-state index is 13.8. The van der Waals surface area contributed by atoms with E-state index in [4.69, 9.17) is 10.5 Å². The second kappa shape index (κ2) is 8.31. The summed E-state index contributed by atoms with van der Waals surface area (Å²) in [5, 5.41) is 2.43. The standard InChI is InChI=1S/C16H15F2N3O4S2/c17-9-1-2-10(12(18)7-9)15(23)20-16-11(14(19)22)8-13(26-16)27(24)21-3-5-25-6-4-21/h1-2,7-8H,3-6H2,(H2,19,22)(H,20,23). The summed E-state index contributed by atoms with van der Waals surface area (Å²) < 4.78 is 46.6. The summed E-state index contributed by atoms with van der Waals surface area (Å²) in [5.41, 5.74) is 4.90. The summed E-state index contributed by atoms with van der Waals surface area (Å²) in [5.74, 6) is -3.56. The van der Waals surface area contributed by atoms with Gasteiger partial charge in [-0.05, 0) is 12.1 Å². The molecule has 1 unspecified atom stereocenters. The van der Waals surface area contributed by atoms with Crippen molar-refractivity contribution >= 4 is 39.5 Å². The van der Waals surface area contributed by atoms with E-state index in [0.29, 0.717) is 36.6 Å². The lowest BCUT2D eigenvalue weighted by molar-refractivity contribution is 0.0731. The second-order valence-corrected chi connectivity index (χ2v) is 8.31. The van der Waals surface area contributed by atoms with Crippen LogP contribution in [0.1, 0.15) is 20.7 Å². The molecule has 0 radical (unpaired) electrons. The lowest BCUT2D eigenvalue weighted by Gasteiger charge is -2.26. The SMILES string of the molecule is NC(=O)c1cc([S+]([O-])N2CCOCC2)sc1NC(=O)c1ccc(F)cc1F. The van der Waals surface area contributed by atoms with Gasteiger partial charge in [0.1, 0.15) is 16.6 Å². The predicted octanol–water partition coefficient (Wildman–Crippen LogP) is 1.73. The topological polar surface area (TPSA) is 108 Å². The van der Waals surface area contributed by atoms with Crippen molar-refractivity contribution in [1.82, 2.24) is 4.31 Å². The highest BCUT2D eigenvalue weighted by Crippen LogP contribution is 2.33. The molecular formula is C16H15F2N3O4S2. The van der Waals surface area contributed by atoms with Crippen LogP contribution in [-0.4, -0.2) is 47.0 Å². The maximum absolute atomic E-state index is 13.8. The highest BCUT2D eigenvalue weighted by atomic mass is 32.2. The molecule has 0 spiro atoms. The molecule has 1 atom stereocenters. The van der Waals surface area contributed by atoms with E-state index in [-0.39, 0.29) is 10.6 Å². The molecule has 2 aromatic rings. The van der Waals surface area contributed by atoms with E-state index in [9.17, 15) is 22.9 Å². The Labute approximate surface area is 160 Å². The Bertz CT molecular complexity index is 871. The van der Waals surface area contributed by atoms with Crippen molar-refractivity contribution < 1.29 is 27.7 Å². The van der Waals surface area contributed by atoms with Crippen LogP contribution in [-0.2, 0) is 16.1 Å². The van der Waals surface area contributed by atoms with Crippen LogP contribution >= 0.6 is 11.3 Å². The van der Waals surface area contributed by atoms with Crippen LogP contribution in [0.3, 0.4) is 0 Å². The predicted molar refractivity (Wildman–Crippen MR) is 95.9 cm³/mol. The number of hydrogen-bond acceptors (Lipinski definition) is 6. The summed E-state index contributed by atoms with van der Waals surface area (Å²) >= 11 is -0.644. The van der Waals surface area contributed by atoms with Crippen LogP contribution in [0.15, 0.2) is 28.5 Å². The van der Waals surface area contributed by atoms with Gasteiger partial charge in [-0.15, -0.1) is 4.31 Å². The molecular weight excluding hydrogens is 400 g/mol. The van der Waals surface area contributed by atoms with Crippen molar-refractivity contribution in [3.8, 4) is 0 Å². The first-order valence-electron chi connectivity index (χ1n) is 7.81. The van der Waals surface area contributed by atoms with Gasteiger partial charge in [0.25, 0.3) is 11.8 Å². The average Bonchev–Trinajstić information content (AvgIpc) is 3.05. The molecule has 3 N–H and O–H groups in total. The Morgan fingerprint density at radius 3 is 2.56 bits per heavy atom. The smallest absolute Gasteiger partial charge is 0.259 e. The van der Waals surface area contributed by atoms with Gasteiger partial charge in [-0.1, -0.05) is 11.3 Å². The van der Waals surface area contributed by atoms with E-state index in [1.54, 1.807) is 4.31 Å². The minimum Gasteiger partial charge on any atom is -0.592 e. The molecule has 1 aromatic carbocycles. The Morgan fingerprint density at radius 2 is 1.93 bits per heavy atom. The van der Waals surface area contributed by atoms with Gasteiger partial charge in [-0.2, -0.15) is 0 Å². The number of nitrogens with one attached hydrogen (secondary N) is 1. The summed E-state index contributed by atoms with van der Waals surface area (Å²) in [6, 6.07) is 3.86. The number of anilines is 1. The number of amides is 2. The molecule has 3 rings (SSSR count). The number of carbonyl (C=O) groups is 2. The molecule has 0 saturated carbocycles. The van der Waals surface area contributed by atoms with Gasteiger partial charge in [-0.25, -0.2) is 8.78 Å². The Morgan fingerprint density at radius 1 is 1.22 bits per heavy atom. The van der Waals surface area contributed by atoms with E-state index in [0.717, 1.165) is 23.5 Å². The average molecular weight is 415 g/mol. The van der Waals surface area contributed by atoms with Gasteiger partial charge in [0.2, 0.25) is 4.21 Å². The third-order valence-electron chi connectivity index (χ3n) is 3.75. The summed E-state index contributed by atoms with van der Waals surface area (Å²) in [4.78, 5) is 24.0. The van der Waals surface area contributed by atoms with E-state index in [1.165, 1.54) is 6.07 Å². The monoisotopic (exact) mass is 415 g/mol. The Kier molecular flexibility index (Phi) is 6.07. The zero-order valence-electron chi connectivity index (χ0n) is 13.9. The van der Waals surface area contributed by atoms with Crippen LogP contribution in [0.5, 0.6) is 0 Å². The minimum atomic E-state index is -1.55. The van der Waals surface area contributed by atoms with E-state index < -0.39 is 40.4 Å². The summed E-state index contributed by atoms with van der Waals surface area (Å²) in [6.07, 6.45) is 0. The van der Waals surface area contributed by atoms with E-state index in [1.807, 2.05) is 0 Å². The number of primary amides is 1. The van der Waals surface area contributed by atoms with Crippen molar-refractivity contribution in [2.45, 2.75) is 4.21 Å². The van der Waals surface area contributed by atoms with Crippen molar-refractivity contribution in [3.63, 3.8) is 0 Å². The highest BCUT2D eigenvalue weighted by molar-refractivity contribution is 7.91. The zero-order chi connectivity index (χ0) is 19.6. The van der Waals surface area contributed by atoms with Gasteiger partial charge in [0.15, 0.2) is 0 Å². The lowest BCUT2D eigenvalue weighted by atomic mass is 10.2. The molecule has 0 bridgehead atoms. The summed E-state index contributed by atoms with van der Waals surface area (Å²) in [6.45, 7) is 1.79. The number of nitrogens with zero attached hydrogens (tertiary/aromatic N) is 1. The number of carbonyl (C=O) groups excluding carboxylic acids is 2. The first kappa shape index (κ1) is 19.7. The number of hydrogen-bond donors (Lipinski definition) is 2. The number of morpholine rings is 1. The first-order valence-corrected chi connectivity index (χ1v) is 9.73. The summed E-state index contributed by atoms with van der Waals surface area (Å²) in [7, 11) is 0. The van der Waals surface area contributed by atoms with Gasteiger partial charge in [0.05, 0.1) is 48.8 Å². The third kappa shape index (κ3) is 4.45. The van der Waals surface area contributed by atoms with Crippen LogP contribution in [0.4, 0.5) is 13.8 Å².